The van der Waals surface area contributed by atoms with Gasteiger partial charge in [-0.25, -0.2) is 0 Å². The van der Waals surface area contributed by atoms with E-state index in [0.717, 1.165) is 16.6 Å². The molecule has 1 fully saturated rings. The quantitative estimate of drug-likeness (QED) is 0.925. The fourth-order valence-electron chi connectivity index (χ4n) is 2.46. The number of hydrogen-bond donors (Lipinski definition) is 1. The lowest BCUT2D eigenvalue weighted by molar-refractivity contribution is 0.411. The summed E-state index contributed by atoms with van der Waals surface area (Å²) in [4.78, 5) is 0. The van der Waals surface area contributed by atoms with Gasteiger partial charge in [0.2, 0.25) is 0 Å². The van der Waals surface area contributed by atoms with Gasteiger partial charge in [-0.15, -0.1) is 0 Å². The molecule has 0 bridgehead atoms. The van der Waals surface area contributed by atoms with Gasteiger partial charge >= 0.3 is 0 Å². The molecule has 1 aromatic carbocycles. The largest absolute Gasteiger partial charge is 0.496 e. The molecule has 0 amide bonds. The zero-order chi connectivity index (χ0) is 11.5. The lowest BCUT2D eigenvalue weighted by atomic mass is 9.95. The number of rotatable bonds is 3. The average Bonchev–Trinajstić information content (AvgIpc) is 2.65. The van der Waals surface area contributed by atoms with Crippen molar-refractivity contribution in [3.8, 4) is 5.75 Å². The van der Waals surface area contributed by atoms with Crippen molar-refractivity contribution >= 4 is 15.9 Å². The monoisotopic (exact) mass is 283 g/mol. The predicted octanol–water partition coefficient (Wildman–Crippen LogP) is 3.13. The van der Waals surface area contributed by atoms with Gasteiger partial charge in [0.1, 0.15) is 5.75 Å². The van der Waals surface area contributed by atoms with Gasteiger partial charge in [-0.2, -0.15) is 0 Å². The van der Waals surface area contributed by atoms with Crippen molar-refractivity contribution in [1.29, 1.82) is 0 Å². The van der Waals surface area contributed by atoms with Crippen molar-refractivity contribution in [2.75, 3.05) is 7.11 Å². The first-order valence-corrected chi connectivity index (χ1v) is 6.58. The minimum atomic E-state index is 0.390. The molecule has 1 aliphatic rings. The van der Waals surface area contributed by atoms with Gasteiger partial charge in [0.15, 0.2) is 0 Å². The summed E-state index contributed by atoms with van der Waals surface area (Å²) in [5.74, 6) is 1.54. The lowest BCUT2D eigenvalue weighted by Crippen LogP contribution is -2.25. The molecule has 0 aliphatic heterocycles. The second-order valence-corrected chi connectivity index (χ2v) is 5.38. The Morgan fingerprint density at radius 1 is 1.44 bits per heavy atom. The van der Waals surface area contributed by atoms with E-state index in [1.165, 1.54) is 24.8 Å². The molecule has 1 aromatic rings. The summed E-state index contributed by atoms with van der Waals surface area (Å²) in [7, 11) is 1.69. The van der Waals surface area contributed by atoms with Gasteiger partial charge in [-0.05, 0) is 58.8 Å². The fourth-order valence-corrected chi connectivity index (χ4v) is 3.05. The smallest absolute Gasteiger partial charge is 0.133 e. The van der Waals surface area contributed by atoms with E-state index in [1.54, 1.807) is 7.11 Å². The Labute approximate surface area is 105 Å². The van der Waals surface area contributed by atoms with Gasteiger partial charge < -0.3 is 10.5 Å². The molecule has 3 heteroatoms. The van der Waals surface area contributed by atoms with Crippen LogP contribution in [0.2, 0.25) is 0 Å². The summed E-state index contributed by atoms with van der Waals surface area (Å²) in [5.41, 5.74) is 7.43. The van der Waals surface area contributed by atoms with E-state index in [4.69, 9.17) is 10.5 Å². The standard InChI is InChI=1S/C13H18BrNO/c1-16-13-6-5-9(8-11(13)14)7-10-3-2-4-12(10)15/h5-6,8,10,12H,2-4,7,15H2,1H3. The van der Waals surface area contributed by atoms with E-state index >= 15 is 0 Å². The van der Waals surface area contributed by atoms with Crippen LogP contribution in [0.25, 0.3) is 0 Å². The Bertz CT molecular complexity index is 367. The molecular weight excluding hydrogens is 266 g/mol. The molecule has 0 aromatic heterocycles. The van der Waals surface area contributed by atoms with E-state index in [2.05, 4.69) is 28.1 Å². The highest BCUT2D eigenvalue weighted by Gasteiger charge is 2.23. The molecule has 0 radical (unpaired) electrons. The van der Waals surface area contributed by atoms with Crippen molar-refractivity contribution in [2.24, 2.45) is 11.7 Å². The number of methoxy groups -OCH3 is 1. The minimum Gasteiger partial charge on any atom is -0.496 e. The highest BCUT2D eigenvalue weighted by molar-refractivity contribution is 9.10. The minimum absolute atomic E-state index is 0.390. The van der Waals surface area contributed by atoms with Crippen molar-refractivity contribution in [3.63, 3.8) is 0 Å². The lowest BCUT2D eigenvalue weighted by Gasteiger charge is -2.15. The van der Waals surface area contributed by atoms with Crippen molar-refractivity contribution in [3.05, 3.63) is 28.2 Å². The molecule has 2 atom stereocenters. The summed E-state index contributed by atoms with van der Waals surface area (Å²) in [6, 6.07) is 6.68. The Balaban J connectivity index is 2.07. The van der Waals surface area contributed by atoms with Crippen molar-refractivity contribution in [1.82, 2.24) is 0 Å². The summed E-state index contributed by atoms with van der Waals surface area (Å²) in [6.07, 6.45) is 4.82. The van der Waals surface area contributed by atoms with E-state index in [-0.39, 0.29) is 0 Å². The van der Waals surface area contributed by atoms with Gasteiger partial charge in [-0.1, -0.05) is 12.5 Å². The second-order valence-electron chi connectivity index (χ2n) is 4.53. The van der Waals surface area contributed by atoms with Crippen LogP contribution in [0.4, 0.5) is 0 Å². The maximum Gasteiger partial charge on any atom is 0.133 e. The topological polar surface area (TPSA) is 35.2 Å². The van der Waals surface area contributed by atoms with Crippen LogP contribution in [0.15, 0.2) is 22.7 Å². The van der Waals surface area contributed by atoms with Crippen LogP contribution < -0.4 is 10.5 Å². The number of benzene rings is 1. The number of nitrogens with two attached hydrogens (primary N) is 1. The third kappa shape index (κ3) is 2.58. The summed E-state index contributed by atoms with van der Waals surface area (Å²) < 4.78 is 6.25. The highest BCUT2D eigenvalue weighted by Crippen LogP contribution is 2.30. The molecule has 88 valence electrons. The van der Waals surface area contributed by atoms with E-state index < -0.39 is 0 Å². The fraction of sp³-hybridized carbons (Fsp3) is 0.538. The van der Waals surface area contributed by atoms with Crippen molar-refractivity contribution in [2.45, 2.75) is 31.7 Å². The van der Waals surface area contributed by atoms with Crippen LogP contribution in [0.5, 0.6) is 5.75 Å². The first-order chi connectivity index (χ1) is 7.70. The maximum atomic E-state index is 6.08. The van der Waals surface area contributed by atoms with Crippen LogP contribution in [0, 0.1) is 5.92 Å². The SMILES string of the molecule is COc1ccc(CC2CCCC2N)cc1Br. The maximum absolute atomic E-state index is 6.08. The predicted molar refractivity (Wildman–Crippen MR) is 69.7 cm³/mol. The molecular formula is C13H18BrNO. The molecule has 0 spiro atoms. The molecule has 2 unspecified atom stereocenters. The van der Waals surface area contributed by atoms with Crippen LogP contribution >= 0.6 is 15.9 Å². The van der Waals surface area contributed by atoms with Crippen LogP contribution in [-0.2, 0) is 6.42 Å². The Morgan fingerprint density at radius 3 is 2.81 bits per heavy atom. The first kappa shape index (κ1) is 11.9. The second kappa shape index (κ2) is 5.19. The Morgan fingerprint density at radius 2 is 2.25 bits per heavy atom. The van der Waals surface area contributed by atoms with Crippen molar-refractivity contribution < 1.29 is 4.74 Å². The zero-order valence-corrected chi connectivity index (χ0v) is 11.2. The van der Waals surface area contributed by atoms with Crippen LogP contribution in [0.1, 0.15) is 24.8 Å². The van der Waals surface area contributed by atoms with Gasteiger partial charge in [0, 0.05) is 6.04 Å². The molecule has 0 heterocycles. The Hall–Kier alpha value is -0.540. The normalized spacial score (nSPS) is 24.7. The number of halogens is 1. The first-order valence-electron chi connectivity index (χ1n) is 5.78. The molecule has 16 heavy (non-hydrogen) atoms. The van der Waals surface area contributed by atoms with E-state index in [0.29, 0.717) is 12.0 Å². The zero-order valence-electron chi connectivity index (χ0n) is 9.58. The molecule has 2 rings (SSSR count). The third-order valence-electron chi connectivity index (χ3n) is 3.43. The van der Waals surface area contributed by atoms with Crippen LogP contribution in [0.3, 0.4) is 0 Å². The number of hydrogen-bond acceptors (Lipinski definition) is 2. The molecule has 2 N–H and O–H groups in total. The van der Waals surface area contributed by atoms with Gasteiger partial charge in [0.25, 0.3) is 0 Å². The molecule has 0 saturated heterocycles. The van der Waals surface area contributed by atoms with Gasteiger partial charge in [0.05, 0.1) is 11.6 Å². The number of ether oxygens (including phenoxy) is 1. The summed E-state index contributed by atoms with van der Waals surface area (Å²) >= 11 is 3.52. The molecule has 2 nitrogen and oxygen atoms in total. The summed E-state index contributed by atoms with van der Waals surface area (Å²) in [5, 5.41) is 0. The molecule has 1 saturated carbocycles. The third-order valence-corrected chi connectivity index (χ3v) is 4.05. The van der Waals surface area contributed by atoms with Crippen LogP contribution in [-0.4, -0.2) is 13.2 Å². The average molecular weight is 284 g/mol. The molecule has 1 aliphatic carbocycles. The van der Waals surface area contributed by atoms with E-state index in [9.17, 15) is 0 Å². The highest BCUT2D eigenvalue weighted by atomic mass is 79.9. The Kier molecular flexibility index (Phi) is 3.87. The van der Waals surface area contributed by atoms with Gasteiger partial charge in [-0.3, -0.25) is 0 Å². The summed E-state index contributed by atoms with van der Waals surface area (Å²) in [6.45, 7) is 0. The van der Waals surface area contributed by atoms with E-state index in [1.807, 2.05) is 6.07 Å².